The van der Waals surface area contributed by atoms with Crippen LogP contribution in [0.3, 0.4) is 0 Å². The second kappa shape index (κ2) is 8.59. The largest absolute Gasteiger partial charge is 0.506 e. The van der Waals surface area contributed by atoms with Crippen molar-refractivity contribution in [3.8, 4) is 17.9 Å². The van der Waals surface area contributed by atoms with Crippen LogP contribution >= 0.6 is 56.5 Å². The maximum absolute atomic E-state index is 12.6. The van der Waals surface area contributed by atoms with E-state index in [9.17, 15) is 20.4 Å². The number of benzene rings is 1. The number of phenols is 1. The number of nitrogens with one attached hydrogen (secondary N) is 1. The zero-order valence-corrected chi connectivity index (χ0v) is 19.1. The molecule has 0 bridgehead atoms. The van der Waals surface area contributed by atoms with Gasteiger partial charge < -0.3 is 10.4 Å². The van der Waals surface area contributed by atoms with Gasteiger partial charge in [-0.1, -0.05) is 0 Å². The van der Waals surface area contributed by atoms with Gasteiger partial charge in [0.2, 0.25) is 0 Å². The SMILES string of the molecule is N#C/C(=C\c1cc(I)cc(I)c1O)C(=O)Nc1sc2c(c1C#N)CCCC2. The van der Waals surface area contributed by atoms with Gasteiger partial charge in [0.05, 0.1) is 9.13 Å². The number of aryl methyl sites for hydroxylation is 1. The van der Waals surface area contributed by atoms with Crippen molar-refractivity contribution < 1.29 is 9.90 Å². The summed E-state index contributed by atoms with van der Waals surface area (Å²) >= 11 is 5.52. The fourth-order valence-corrected chi connectivity index (χ4v) is 6.07. The van der Waals surface area contributed by atoms with Crippen LogP contribution in [0.1, 0.15) is 34.4 Å². The summed E-state index contributed by atoms with van der Waals surface area (Å²) in [6.45, 7) is 0. The minimum atomic E-state index is -0.583. The van der Waals surface area contributed by atoms with Gasteiger partial charge in [-0.3, -0.25) is 4.79 Å². The van der Waals surface area contributed by atoms with Crippen molar-refractivity contribution in [3.63, 3.8) is 0 Å². The molecule has 2 N–H and O–H groups in total. The number of amides is 1. The van der Waals surface area contributed by atoms with Gasteiger partial charge in [0.1, 0.15) is 28.5 Å². The molecule has 0 unspecified atom stereocenters. The molecule has 5 nitrogen and oxygen atoms in total. The van der Waals surface area contributed by atoms with Crippen LogP contribution in [0.4, 0.5) is 5.00 Å². The third-order valence-electron chi connectivity index (χ3n) is 4.23. The number of hydrogen-bond acceptors (Lipinski definition) is 5. The molecule has 3 rings (SSSR count). The lowest BCUT2D eigenvalue weighted by Crippen LogP contribution is -2.13. The summed E-state index contributed by atoms with van der Waals surface area (Å²) in [6, 6.07) is 7.58. The van der Waals surface area contributed by atoms with E-state index >= 15 is 0 Å². The first-order valence-electron chi connectivity index (χ1n) is 8.10. The lowest BCUT2D eigenvalue weighted by atomic mass is 9.96. The lowest BCUT2D eigenvalue weighted by molar-refractivity contribution is -0.112. The molecule has 0 saturated carbocycles. The van der Waals surface area contributed by atoms with Crippen LogP contribution in [0.5, 0.6) is 5.75 Å². The summed E-state index contributed by atoms with van der Waals surface area (Å²) < 4.78 is 1.53. The van der Waals surface area contributed by atoms with Crippen molar-refractivity contribution in [1.82, 2.24) is 0 Å². The number of nitriles is 2. The Morgan fingerprint density at radius 1 is 1.26 bits per heavy atom. The summed E-state index contributed by atoms with van der Waals surface area (Å²) in [7, 11) is 0. The number of anilines is 1. The van der Waals surface area contributed by atoms with Crippen LogP contribution in [0.15, 0.2) is 17.7 Å². The van der Waals surface area contributed by atoms with Crippen LogP contribution < -0.4 is 5.32 Å². The number of thiophene rings is 1. The smallest absolute Gasteiger partial charge is 0.266 e. The number of halogens is 2. The topological polar surface area (TPSA) is 96.9 Å². The summed E-state index contributed by atoms with van der Waals surface area (Å²) in [6.07, 6.45) is 5.26. The molecule has 0 radical (unpaired) electrons. The van der Waals surface area contributed by atoms with Crippen molar-refractivity contribution in [1.29, 1.82) is 10.5 Å². The first-order chi connectivity index (χ1) is 12.9. The Labute approximate surface area is 188 Å². The molecule has 2 aromatic rings. The molecule has 1 aliphatic carbocycles. The fourth-order valence-electron chi connectivity index (χ4n) is 2.94. The van der Waals surface area contributed by atoms with Crippen LogP contribution in [-0.4, -0.2) is 11.0 Å². The number of hydrogen-bond donors (Lipinski definition) is 2. The standard InChI is InChI=1S/C19H13I2N3O2S/c20-12-6-10(17(25)15(21)7-12)5-11(8-22)18(26)24-19-14(9-23)13-3-1-2-4-16(13)27-19/h5-7,25H,1-4H2,(H,24,26)/b11-5+. The Morgan fingerprint density at radius 2 is 2.00 bits per heavy atom. The van der Waals surface area contributed by atoms with Gasteiger partial charge in [0.25, 0.3) is 5.91 Å². The molecule has 1 aromatic carbocycles. The summed E-state index contributed by atoms with van der Waals surface area (Å²) in [5.41, 5.74) is 1.81. The number of nitrogens with zero attached hydrogens (tertiary/aromatic N) is 2. The van der Waals surface area contributed by atoms with E-state index in [-0.39, 0.29) is 11.3 Å². The van der Waals surface area contributed by atoms with E-state index in [0.29, 0.717) is 19.7 Å². The number of phenolic OH excluding ortho intramolecular Hbond substituents is 1. The van der Waals surface area contributed by atoms with E-state index in [0.717, 1.165) is 39.7 Å². The quantitative estimate of drug-likeness (QED) is 0.296. The average molecular weight is 601 g/mol. The zero-order chi connectivity index (χ0) is 19.6. The normalized spacial score (nSPS) is 13.4. The highest BCUT2D eigenvalue weighted by Crippen LogP contribution is 2.38. The van der Waals surface area contributed by atoms with Crippen LogP contribution in [0.2, 0.25) is 0 Å². The van der Waals surface area contributed by atoms with E-state index in [2.05, 4.69) is 34.0 Å². The van der Waals surface area contributed by atoms with Crippen LogP contribution in [0, 0.1) is 29.8 Å². The molecule has 0 atom stereocenters. The highest BCUT2D eigenvalue weighted by Gasteiger charge is 2.23. The number of rotatable bonds is 3. The number of fused-ring (bicyclic) bond motifs is 1. The maximum atomic E-state index is 12.6. The van der Waals surface area contributed by atoms with Crippen molar-refractivity contribution in [2.75, 3.05) is 5.32 Å². The van der Waals surface area contributed by atoms with Gasteiger partial charge in [-0.15, -0.1) is 11.3 Å². The summed E-state index contributed by atoms with van der Waals surface area (Å²) in [5, 5.41) is 32.3. The summed E-state index contributed by atoms with van der Waals surface area (Å²) in [5.74, 6) is -0.554. The molecule has 0 fully saturated rings. The summed E-state index contributed by atoms with van der Waals surface area (Å²) in [4.78, 5) is 13.8. The van der Waals surface area contributed by atoms with Crippen molar-refractivity contribution in [3.05, 3.63) is 46.4 Å². The Bertz CT molecular complexity index is 1040. The molecular weight excluding hydrogens is 588 g/mol. The van der Waals surface area contributed by atoms with Crippen LogP contribution in [-0.2, 0) is 17.6 Å². The second-order valence-electron chi connectivity index (χ2n) is 5.98. The molecule has 8 heteroatoms. The van der Waals surface area contributed by atoms with E-state index in [1.54, 1.807) is 12.1 Å². The van der Waals surface area contributed by atoms with Gasteiger partial charge in [-0.2, -0.15) is 10.5 Å². The van der Waals surface area contributed by atoms with E-state index in [1.807, 2.05) is 28.7 Å². The number of aromatic hydroxyl groups is 1. The minimum absolute atomic E-state index is 0.0286. The highest BCUT2D eigenvalue weighted by atomic mass is 127. The molecule has 0 aliphatic heterocycles. The first-order valence-corrected chi connectivity index (χ1v) is 11.1. The number of carbonyl (C=O) groups is 1. The molecular formula is C19H13I2N3O2S. The second-order valence-corrected chi connectivity index (χ2v) is 9.49. The van der Waals surface area contributed by atoms with Crippen molar-refractivity contribution in [2.24, 2.45) is 0 Å². The van der Waals surface area contributed by atoms with Crippen LogP contribution in [0.25, 0.3) is 6.08 Å². The van der Waals surface area contributed by atoms with Crippen molar-refractivity contribution in [2.45, 2.75) is 25.7 Å². The Kier molecular flexibility index (Phi) is 6.40. The molecule has 136 valence electrons. The first kappa shape index (κ1) is 20.1. The molecule has 27 heavy (non-hydrogen) atoms. The van der Waals surface area contributed by atoms with Gasteiger partial charge in [0.15, 0.2) is 0 Å². The third kappa shape index (κ3) is 4.28. The lowest BCUT2D eigenvalue weighted by Gasteiger charge is -2.09. The molecule has 1 amide bonds. The third-order valence-corrected chi connectivity index (χ3v) is 6.89. The monoisotopic (exact) mass is 601 g/mol. The highest BCUT2D eigenvalue weighted by molar-refractivity contribution is 14.1. The van der Waals surface area contributed by atoms with E-state index < -0.39 is 5.91 Å². The molecule has 1 aliphatic rings. The van der Waals surface area contributed by atoms with E-state index in [4.69, 9.17) is 0 Å². The Balaban J connectivity index is 1.93. The van der Waals surface area contributed by atoms with Gasteiger partial charge in [0, 0.05) is 14.0 Å². The minimum Gasteiger partial charge on any atom is -0.506 e. The van der Waals surface area contributed by atoms with Crippen molar-refractivity contribution >= 4 is 73.5 Å². The van der Waals surface area contributed by atoms with Gasteiger partial charge in [-0.25, -0.2) is 0 Å². The molecule has 0 spiro atoms. The maximum Gasteiger partial charge on any atom is 0.266 e. The average Bonchev–Trinajstić information content (AvgIpc) is 3.00. The van der Waals surface area contributed by atoms with E-state index in [1.165, 1.54) is 17.4 Å². The number of carbonyl (C=O) groups excluding carboxylic acids is 1. The fraction of sp³-hybridized carbons (Fsp3) is 0.211. The molecule has 1 heterocycles. The Hall–Kier alpha value is -1.63. The molecule has 1 aromatic heterocycles. The molecule has 0 saturated heterocycles. The predicted molar refractivity (Wildman–Crippen MR) is 121 cm³/mol. The predicted octanol–water partition coefficient (Wildman–Crippen LogP) is 4.96. The van der Waals surface area contributed by atoms with Gasteiger partial charge >= 0.3 is 0 Å². The van der Waals surface area contributed by atoms with Gasteiger partial charge in [-0.05, 0) is 94.6 Å². The Morgan fingerprint density at radius 3 is 2.70 bits per heavy atom. The zero-order valence-electron chi connectivity index (χ0n) is 14.0.